The third kappa shape index (κ3) is 2.04. The quantitative estimate of drug-likeness (QED) is 0.528. The van der Waals surface area contributed by atoms with E-state index < -0.39 is 0 Å². The highest BCUT2D eigenvalue weighted by Crippen LogP contribution is 2.50. The molecule has 2 heteroatoms. The van der Waals surface area contributed by atoms with Crippen molar-refractivity contribution >= 4 is 22.9 Å². The summed E-state index contributed by atoms with van der Waals surface area (Å²) in [5, 5.41) is 0. The second-order valence-electron chi connectivity index (χ2n) is 5.37. The molecule has 1 spiro atoms. The van der Waals surface area contributed by atoms with Crippen LogP contribution in [0, 0.1) is 17.3 Å². The van der Waals surface area contributed by atoms with E-state index in [4.69, 9.17) is 0 Å². The maximum absolute atomic E-state index is 2.53. The fourth-order valence-corrected chi connectivity index (χ4v) is 4.08. The molecule has 0 aromatic carbocycles. The van der Waals surface area contributed by atoms with Gasteiger partial charge in [0.25, 0.3) is 0 Å². The molecule has 0 aromatic heterocycles. The number of hydrogen-bond acceptors (Lipinski definition) is 1. The lowest BCUT2D eigenvalue weighted by Gasteiger charge is -2.51. The Morgan fingerprint density at radius 2 is 2.08 bits per heavy atom. The molecule has 0 N–H and O–H groups in total. The van der Waals surface area contributed by atoms with Gasteiger partial charge in [-0.05, 0) is 36.5 Å². The summed E-state index contributed by atoms with van der Waals surface area (Å²) in [5.74, 6) is 1.82. The molecule has 1 saturated heterocycles. The molecular formula is C11H20IN. The SMILES string of the molecule is CC(C)C1CN(I)CC2(CCC2)C1. The summed E-state index contributed by atoms with van der Waals surface area (Å²) in [6.07, 6.45) is 5.98. The van der Waals surface area contributed by atoms with E-state index in [1.807, 2.05) is 0 Å². The van der Waals surface area contributed by atoms with Gasteiger partial charge in [0, 0.05) is 36.0 Å². The highest BCUT2D eigenvalue weighted by atomic mass is 127. The molecule has 1 aliphatic heterocycles. The molecule has 76 valence electrons. The second kappa shape index (κ2) is 3.69. The Hall–Kier alpha value is 0.690. The van der Waals surface area contributed by atoms with Crippen LogP contribution in [0.5, 0.6) is 0 Å². The van der Waals surface area contributed by atoms with Gasteiger partial charge in [0.1, 0.15) is 0 Å². The van der Waals surface area contributed by atoms with Crippen molar-refractivity contribution in [3.8, 4) is 0 Å². The zero-order valence-corrected chi connectivity index (χ0v) is 10.9. The Morgan fingerprint density at radius 1 is 1.38 bits per heavy atom. The van der Waals surface area contributed by atoms with Crippen LogP contribution in [0.2, 0.25) is 0 Å². The highest BCUT2D eigenvalue weighted by Gasteiger charge is 2.43. The van der Waals surface area contributed by atoms with Crippen LogP contribution in [-0.4, -0.2) is 16.2 Å². The predicted octanol–water partition coefficient (Wildman–Crippen LogP) is 3.48. The molecule has 0 aromatic rings. The third-order valence-corrected chi connectivity index (χ3v) is 4.73. The Morgan fingerprint density at radius 3 is 2.54 bits per heavy atom. The fourth-order valence-electron chi connectivity index (χ4n) is 2.85. The van der Waals surface area contributed by atoms with E-state index in [0.717, 1.165) is 17.3 Å². The molecule has 1 saturated carbocycles. The van der Waals surface area contributed by atoms with Crippen LogP contribution >= 0.6 is 22.9 Å². The van der Waals surface area contributed by atoms with Gasteiger partial charge in [-0.15, -0.1) is 0 Å². The topological polar surface area (TPSA) is 3.24 Å². The van der Waals surface area contributed by atoms with E-state index in [1.165, 1.54) is 38.8 Å². The summed E-state index contributed by atoms with van der Waals surface area (Å²) >= 11 is 2.52. The van der Waals surface area contributed by atoms with Gasteiger partial charge < -0.3 is 0 Å². The van der Waals surface area contributed by atoms with Gasteiger partial charge in [-0.1, -0.05) is 20.3 Å². The minimum atomic E-state index is 0.744. The first kappa shape index (κ1) is 10.2. The van der Waals surface area contributed by atoms with Gasteiger partial charge in [0.05, 0.1) is 0 Å². The summed E-state index contributed by atoms with van der Waals surface area (Å²) in [5.41, 5.74) is 0.744. The predicted molar refractivity (Wildman–Crippen MR) is 64.8 cm³/mol. The molecule has 2 aliphatic rings. The minimum Gasteiger partial charge on any atom is -0.247 e. The van der Waals surface area contributed by atoms with Crippen LogP contribution < -0.4 is 0 Å². The van der Waals surface area contributed by atoms with Gasteiger partial charge >= 0.3 is 0 Å². The number of rotatable bonds is 1. The maximum Gasteiger partial charge on any atom is 0.0201 e. The highest BCUT2D eigenvalue weighted by molar-refractivity contribution is 14.1. The van der Waals surface area contributed by atoms with E-state index >= 15 is 0 Å². The van der Waals surface area contributed by atoms with Crippen molar-refractivity contribution < 1.29 is 0 Å². The first-order valence-corrected chi connectivity index (χ1v) is 6.49. The van der Waals surface area contributed by atoms with Gasteiger partial charge in [-0.2, -0.15) is 0 Å². The molecule has 1 heterocycles. The first-order valence-electron chi connectivity index (χ1n) is 5.52. The monoisotopic (exact) mass is 293 g/mol. The van der Waals surface area contributed by atoms with E-state index in [1.54, 1.807) is 0 Å². The van der Waals surface area contributed by atoms with Crippen molar-refractivity contribution in [1.82, 2.24) is 3.11 Å². The van der Waals surface area contributed by atoms with Gasteiger partial charge in [-0.3, -0.25) is 0 Å². The Balaban J connectivity index is 2.01. The molecule has 2 rings (SSSR count). The number of nitrogens with zero attached hydrogens (tertiary/aromatic N) is 1. The number of hydrogen-bond donors (Lipinski definition) is 0. The molecule has 1 unspecified atom stereocenters. The van der Waals surface area contributed by atoms with E-state index in [0.29, 0.717) is 0 Å². The van der Waals surface area contributed by atoms with Gasteiger partial charge in [0.2, 0.25) is 0 Å². The van der Waals surface area contributed by atoms with Crippen molar-refractivity contribution in [2.75, 3.05) is 13.1 Å². The number of halogens is 1. The van der Waals surface area contributed by atoms with Gasteiger partial charge in [-0.25, -0.2) is 3.11 Å². The molecule has 13 heavy (non-hydrogen) atoms. The van der Waals surface area contributed by atoms with Crippen LogP contribution in [-0.2, 0) is 0 Å². The van der Waals surface area contributed by atoms with Crippen LogP contribution in [0.3, 0.4) is 0 Å². The Bertz CT molecular complexity index is 187. The lowest BCUT2D eigenvalue weighted by atomic mass is 9.61. The zero-order chi connectivity index (χ0) is 9.47. The summed E-state index contributed by atoms with van der Waals surface area (Å²) in [4.78, 5) is 0. The standard InChI is InChI=1S/C11H20IN/c1-9(2)10-6-11(4-3-5-11)8-13(12)7-10/h9-10H,3-8H2,1-2H3. The molecule has 0 amide bonds. The van der Waals surface area contributed by atoms with Crippen molar-refractivity contribution in [3.63, 3.8) is 0 Å². The van der Waals surface area contributed by atoms with Crippen molar-refractivity contribution in [2.24, 2.45) is 17.3 Å². The molecule has 1 nitrogen and oxygen atoms in total. The fraction of sp³-hybridized carbons (Fsp3) is 1.00. The number of piperidine rings is 1. The van der Waals surface area contributed by atoms with Crippen molar-refractivity contribution in [3.05, 3.63) is 0 Å². The van der Waals surface area contributed by atoms with Crippen LogP contribution in [0.15, 0.2) is 0 Å². The minimum absolute atomic E-state index is 0.744. The Labute approximate surface area is 95.8 Å². The zero-order valence-electron chi connectivity index (χ0n) is 8.72. The average Bonchev–Trinajstić information content (AvgIpc) is 2.00. The molecule has 0 bridgehead atoms. The first-order chi connectivity index (χ1) is 6.11. The molecular weight excluding hydrogens is 273 g/mol. The van der Waals surface area contributed by atoms with Gasteiger partial charge in [0.15, 0.2) is 0 Å². The molecule has 2 fully saturated rings. The van der Waals surface area contributed by atoms with Crippen molar-refractivity contribution in [1.29, 1.82) is 0 Å². The summed E-state index contributed by atoms with van der Waals surface area (Å²) in [7, 11) is 0. The third-order valence-electron chi connectivity index (χ3n) is 3.99. The second-order valence-corrected chi connectivity index (χ2v) is 6.73. The summed E-state index contributed by atoms with van der Waals surface area (Å²) in [6.45, 7) is 7.44. The largest absolute Gasteiger partial charge is 0.247 e. The van der Waals surface area contributed by atoms with E-state index in [-0.39, 0.29) is 0 Å². The van der Waals surface area contributed by atoms with E-state index in [2.05, 4.69) is 39.8 Å². The molecule has 0 radical (unpaired) electrons. The van der Waals surface area contributed by atoms with Crippen LogP contribution in [0.1, 0.15) is 39.5 Å². The lowest BCUT2D eigenvalue weighted by Crippen LogP contribution is -2.48. The molecule has 1 atom stereocenters. The van der Waals surface area contributed by atoms with E-state index in [9.17, 15) is 0 Å². The summed E-state index contributed by atoms with van der Waals surface area (Å²) < 4.78 is 2.53. The molecule has 1 aliphatic carbocycles. The maximum atomic E-state index is 2.53. The Kier molecular flexibility index (Phi) is 2.90. The smallest absolute Gasteiger partial charge is 0.0201 e. The van der Waals surface area contributed by atoms with Crippen LogP contribution in [0.4, 0.5) is 0 Å². The van der Waals surface area contributed by atoms with Crippen molar-refractivity contribution in [2.45, 2.75) is 39.5 Å². The lowest BCUT2D eigenvalue weighted by molar-refractivity contribution is 0.0213. The summed E-state index contributed by atoms with van der Waals surface area (Å²) in [6, 6.07) is 0. The normalized spacial score (nSPS) is 33.7. The average molecular weight is 293 g/mol. The van der Waals surface area contributed by atoms with Crippen LogP contribution in [0.25, 0.3) is 0 Å².